The molecule has 0 bridgehead atoms. The van der Waals surface area contributed by atoms with Crippen LogP contribution in [0.3, 0.4) is 0 Å². The third-order valence-electron chi connectivity index (χ3n) is 15.0. The summed E-state index contributed by atoms with van der Waals surface area (Å²) in [5, 5.41) is 44.7. The highest BCUT2D eigenvalue weighted by Crippen LogP contribution is 2.19. The van der Waals surface area contributed by atoms with Crippen LogP contribution in [0.2, 0.25) is 0 Å². The van der Waals surface area contributed by atoms with E-state index in [0.29, 0.717) is 73.7 Å². The molecule has 0 saturated heterocycles. The van der Waals surface area contributed by atoms with Crippen molar-refractivity contribution in [2.24, 2.45) is 27.1 Å². The molecule has 30 nitrogen and oxygen atoms in total. The van der Waals surface area contributed by atoms with Gasteiger partial charge in [-0.1, -0.05) is 165 Å². The first-order valence-electron chi connectivity index (χ1n) is 36.8. The van der Waals surface area contributed by atoms with Crippen molar-refractivity contribution in [1.29, 1.82) is 0 Å². The van der Waals surface area contributed by atoms with Crippen LogP contribution in [0.4, 0.5) is 0 Å². The zero-order chi connectivity index (χ0) is 85.5. The van der Waals surface area contributed by atoms with E-state index in [1.807, 2.05) is 140 Å². The van der Waals surface area contributed by atoms with Gasteiger partial charge in [0.25, 0.3) is 29.5 Å². The summed E-state index contributed by atoms with van der Waals surface area (Å²) in [7, 11) is 2.99. The van der Waals surface area contributed by atoms with Crippen LogP contribution in [0, 0.1) is 27.1 Å². The summed E-state index contributed by atoms with van der Waals surface area (Å²) in [6, 6.07) is 35.2. The van der Waals surface area contributed by atoms with Gasteiger partial charge in [0.2, 0.25) is 29.5 Å². The Hall–Kier alpha value is -11.0. The van der Waals surface area contributed by atoms with Gasteiger partial charge in [0.05, 0.1) is 32.8 Å². The minimum Gasteiger partial charge on any atom is -0.464 e. The second-order valence-corrected chi connectivity index (χ2v) is 30.5. The van der Waals surface area contributed by atoms with Crippen LogP contribution in [0.5, 0.6) is 0 Å². The molecule has 0 atom stereocenters. The van der Waals surface area contributed by atoms with E-state index in [4.69, 9.17) is 24.4 Å². The predicted molar refractivity (Wildman–Crippen MR) is 427 cm³/mol. The first-order valence-corrected chi connectivity index (χ1v) is 36.8. The minimum atomic E-state index is -0.735. The Balaban J connectivity index is 0.000000708. The summed E-state index contributed by atoms with van der Waals surface area (Å²) in [5.74, 6) is -3.02. The molecule has 0 aliphatic heterocycles. The van der Waals surface area contributed by atoms with Crippen molar-refractivity contribution in [3.8, 4) is 0 Å². The number of methoxy groups -OCH3 is 2. The molecular weight excluding hydrogens is 1460 g/mol. The van der Waals surface area contributed by atoms with E-state index in [9.17, 15) is 62.3 Å². The molecule has 0 saturated carbocycles. The number of benzene rings is 5. The Morgan fingerprint density at radius 3 is 0.743 bits per heavy atom. The van der Waals surface area contributed by atoms with Crippen LogP contribution >= 0.6 is 0 Å². The number of hydrogen-bond acceptors (Lipinski definition) is 20. The Morgan fingerprint density at radius 1 is 0.301 bits per heavy atom. The van der Waals surface area contributed by atoms with Gasteiger partial charge in [-0.3, -0.25) is 52.7 Å². The number of carbonyl (C=O) groups excluding carboxylic acids is 13. The fourth-order valence-corrected chi connectivity index (χ4v) is 8.52. The summed E-state index contributed by atoms with van der Waals surface area (Å²) in [5.41, 5.74) is 4.51. The Morgan fingerprint density at radius 2 is 0.531 bits per heavy atom. The van der Waals surface area contributed by atoms with Gasteiger partial charge in [0.1, 0.15) is 33.0 Å². The van der Waals surface area contributed by atoms with E-state index in [1.54, 1.807) is 92.0 Å². The molecule has 12 N–H and O–H groups in total. The Bertz CT molecular complexity index is 3900. The summed E-state index contributed by atoms with van der Waals surface area (Å²) < 4.78 is 23.8. The number of carbonyl (C=O) groups is 13. The first kappa shape index (κ1) is 100. The second kappa shape index (κ2) is 51.6. The van der Waals surface area contributed by atoms with E-state index < -0.39 is 45.6 Å². The van der Waals surface area contributed by atoms with Crippen molar-refractivity contribution in [2.75, 3.05) is 93.2 Å². The molecule has 0 fully saturated rings. The van der Waals surface area contributed by atoms with Crippen LogP contribution in [-0.4, -0.2) is 180 Å². The molecule has 0 spiro atoms. The maximum absolute atomic E-state index is 12.1. The lowest BCUT2D eigenvalue weighted by atomic mass is 9.95. The van der Waals surface area contributed by atoms with E-state index in [1.165, 1.54) is 14.0 Å². The van der Waals surface area contributed by atoms with Gasteiger partial charge >= 0.3 is 17.9 Å². The third-order valence-corrected chi connectivity index (χ3v) is 15.0. The van der Waals surface area contributed by atoms with Crippen molar-refractivity contribution >= 4 is 77.0 Å². The molecule has 0 heterocycles. The molecule has 10 amide bonds. The van der Waals surface area contributed by atoms with E-state index in [0.717, 1.165) is 27.8 Å². The summed E-state index contributed by atoms with van der Waals surface area (Å²) >= 11 is 0. The largest absolute Gasteiger partial charge is 0.464 e. The molecule has 30 heteroatoms. The van der Waals surface area contributed by atoms with Crippen molar-refractivity contribution < 1.29 is 96.2 Å². The van der Waals surface area contributed by atoms with Crippen molar-refractivity contribution in [2.45, 2.75) is 144 Å². The number of esters is 3. The van der Waals surface area contributed by atoms with Gasteiger partial charge in [0, 0.05) is 122 Å². The molecule has 0 unspecified atom stereocenters. The van der Waals surface area contributed by atoms with Gasteiger partial charge in [-0.15, -0.1) is 0 Å². The molecule has 0 aromatic heterocycles. The van der Waals surface area contributed by atoms with Crippen molar-refractivity contribution in [1.82, 2.24) is 53.2 Å². The number of ether oxygens (including phenoxy) is 5. The lowest BCUT2D eigenvalue weighted by Gasteiger charge is -2.17. The normalized spacial score (nSPS) is 10.9. The topological polar surface area (TPSA) is 429 Å². The average molecular weight is 1580 g/mol. The molecule has 622 valence electrons. The zero-order valence-electron chi connectivity index (χ0n) is 68.8. The highest BCUT2D eigenvalue weighted by Gasteiger charge is 2.25. The summed E-state index contributed by atoms with van der Waals surface area (Å²) in [6.07, 6.45) is 0. The molecule has 5 aromatic rings. The van der Waals surface area contributed by atoms with Gasteiger partial charge in [-0.2, -0.15) is 0 Å². The molecular formula is C83H120N10O20. The van der Waals surface area contributed by atoms with Crippen LogP contribution in [-0.2, 0) is 94.8 Å². The maximum Gasteiger partial charge on any atom is 0.332 e. The predicted octanol–water partition coefficient (Wildman–Crippen LogP) is 6.32. The molecule has 0 radical (unpaired) electrons. The second-order valence-electron chi connectivity index (χ2n) is 30.5. The Kier molecular flexibility index (Phi) is 45.7. The van der Waals surface area contributed by atoms with Crippen LogP contribution in [0.15, 0.2) is 121 Å². The lowest BCUT2D eigenvalue weighted by molar-refractivity contribution is -0.148. The number of amides is 10. The average Bonchev–Trinajstić information content (AvgIpc) is 0.887. The van der Waals surface area contributed by atoms with Gasteiger partial charge in [-0.05, 0) is 88.5 Å². The first-order chi connectivity index (χ1) is 52.9. The highest BCUT2D eigenvalue weighted by atomic mass is 16.6. The quantitative estimate of drug-likeness (QED) is 0.0127. The number of aliphatic hydroxyl groups excluding tert-OH is 2. The van der Waals surface area contributed by atoms with E-state index >= 15 is 0 Å². The highest BCUT2D eigenvalue weighted by molar-refractivity contribution is 5.97. The van der Waals surface area contributed by atoms with Gasteiger partial charge < -0.3 is 87.1 Å². The maximum atomic E-state index is 12.1. The Labute approximate surface area is 664 Å². The van der Waals surface area contributed by atoms with Gasteiger partial charge in [-0.25, -0.2) is 9.59 Å². The smallest absolute Gasteiger partial charge is 0.332 e. The van der Waals surface area contributed by atoms with Gasteiger partial charge in [0.15, 0.2) is 0 Å². The van der Waals surface area contributed by atoms with E-state index in [2.05, 4.69) is 62.6 Å². The molecule has 5 aromatic carbocycles. The summed E-state index contributed by atoms with van der Waals surface area (Å²) in [4.78, 5) is 151. The van der Waals surface area contributed by atoms with Crippen LogP contribution in [0.25, 0.3) is 0 Å². The number of rotatable bonds is 32. The number of nitrogens with one attached hydrogen (secondary N) is 10. The fraction of sp³-hybridized carbons (Fsp3) is 0.482. The monoisotopic (exact) mass is 1580 g/mol. The standard InChI is InChI=1S/C18H26N2O5.C17H24N2O5.C17H24N2O4.C16H24N2O3.C15H22N2O3/c1-18(2,3)17(23)20-11-13-6-5-7-14(10-13)16(22)19-8-9-25-15(21)12-24-4;1-17(2,3)16(23)19-10-12-5-4-6-13(9-12)15(22)18-7-8-24-14(21)11-20;1-12(20)23-9-8-18-15(21)14-7-5-6-13(10-14)11-19-16(22)17(2,3)4;1-16(2,3)15(20)18-11-12-6-5-7-13(10-12)14(19)17-8-9-21-4;1-15(2,3)14(20)17-10-11-5-4-6-12(9-11)13(19)16-7-8-18/h5-7,10H,8-9,11-12H2,1-4H3,(H,19,22)(H,20,23);4-6,9,20H,7-8,10-11H2,1-3H3,(H,18,22)(H,19,23);5-7,10H,8-9,11H2,1-4H3,(H,18,21)(H,19,22);5-7,10H,8-9,11H2,1-4H3,(H,17,19)(H,18,20);4-6,9,18H,7-8,10H2,1-3H3,(H,16,19)(H,17,20). The van der Waals surface area contributed by atoms with Crippen molar-refractivity contribution in [3.05, 3.63) is 177 Å². The number of aliphatic hydroxyl groups is 2. The third kappa shape index (κ3) is 44.6. The molecule has 0 aliphatic carbocycles. The molecule has 0 aliphatic rings. The van der Waals surface area contributed by atoms with Crippen molar-refractivity contribution in [3.63, 3.8) is 0 Å². The zero-order valence-corrected chi connectivity index (χ0v) is 68.8. The summed E-state index contributed by atoms with van der Waals surface area (Å²) in [6.45, 7) is 31.9. The number of hydrogen-bond donors (Lipinski definition) is 12. The SMILES string of the molecule is CC(=O)OCCNC(=O)c1cccc(CNC(=O)C(C)(C)C)c1.CC(C)(C)C(=O)NCc1cccc(C(=O)NCCO)c1.CC(C)(C)C(=O)NCc1cccc(C(=O)NCCOC(=O)CO)c1.COCC(=O)OCCNC(=O)c1cccc(CNC(=O)C(C)(C)C)c1.COCCNC(=O)c1cccc(CNC(=O)C(C)(C)C)c1. The molecule has 5 rings (SSSR count). The van der Waals surface area contributed by atoms with E-state index in [-0.39, 0.29) is 124 Å². The fourth-order valence-electron chi connectivity index (χ4n) is 8.52. The van der Waals surface area contributed by atoms with Crippen LogP contribution < -0.4 is 53.2 Å². The van der Waals surface area contributed by atoms with Crippen LogP contribution in [0.1, 0.15) is 190 Å². The molecule has 113 heavy (non-hydrogen) atoms. The minimum absolute atomic E-state index is 0.00748. The lowest BCUT2D eigenvalue weighted by Crippen LogP contribution is -2.34.